The van der Waals surface area contributed by atoms with Crippen molar-refractivity contribution >= 4 is 28.6 Å². The summed E-state index contributed by atoms with van der Waals surface area (Å²) in [7, 11) is 0. The number of rotatable bonds is 4. The fraction of sp³-hybridized carbons (Fsp3) is 0.286. The molecule has 0 aliphatic heterocycles. The highest BCUT2D eigenvalue weighted by molar-refractivity contribution is 7.10. The van der Waals surface area contributed by atoms with Gasteiger partial charge in [-0.2, -0.15) is 0 Å². The van der Waals surface area contributed by atoms with Gasteiger partial charge >= 0.3 is 0 Å². The topological polar surface area (TPSA) is 12.0 Å². The average molecular weight is 266 g/mol. The zero-order valence-electron chi connectivity index (χ0n) is 10.1. The highest BCUT2D eigenvalue weighted by atomic mass is 35.5. The summed E-state index contributed by atoms with van der Waals surface area (Å²) in [5.74, 6) is 0. The number of benzene rings is 1. The number of halogens is 1. The lowest BCUT2D eigenvalue weighted by Gasteiger charge is -2.13. The van der Waals surface area contributed by atoms with Crippen LogP contribution in [0.2, 0.25) is 5.02 Å². The summed E-state index contributed by atoms with van der Waals surface area (Å²) in [5.41, 5.74) is 3.93. The van der Waals surface area contributed by atoms with Gasteiger partial charge in [-0.15, -0.1) is 11.3 Å². The number of para-hydroxylation sites is 1. The van der Waals surface area contributed by atoms with Crippen molar-refractivity contribution in [3.05, 3.63) is 50.7 Å². The molecule has 0 bridgehead atoms. The van der Waals surface area contributed by atoms with Gasteiger partial charge in [0, 0.05) is 22.5 Å². The van der Waals surface area contributed by atoms with Crippen LogP contribution in [0.5, 0.6) is 0 Å². The van der Waals surface area contributed by atoms with E-state index < -0.39 is 0 Å². The number of anilines is 1. The van der Waals surface area contributed by atoms with Gasteiger partial charge in [-0.25, -0.2) is 0 Å². The monoisotopic (exact) mass is 265 g/mol. The fourth-order valence-corrected chi connectivity index (χ4v) is 2.91. The van der Waals surface area contributed by atoms with E-state index in [1.54, 1.807) is 11.3 Å². The maximum atomic E-state index is 5.91. The summed E-state index contributed by atoms with van der Waals surface area (Å²) in [6, 6.07) is 8.45. The molecule has 1 aromatic heterocycles. The van der Waals surface area contributed by atoms with Gasteiger partial charge in [-0.1, -0.05) is 36.7 Å². The Morgan fingerprint density at radius 2 is 2.18 bits per heavy atom. The lowest BCUT2D eigenvalue weighted by molar-refractivity contribution is 1.09. The second-order valence-corrected chi connectivity index (χ2v) is 5.48. The van der Waals surface area contributed by atoms with Gasteiger partial charge in [0.2, 0.25) is 0 Å². The zero-order valence-corrected chi connectivity index (χ0v) is 11.7. The minimum absolute atomic E-state index is 0.826. The minimum Gasteiger partial charge on any atom is -0.380 e. The maximum Gasteiger partial charge on any atom is 0.0516 e. The van der Waals surface area contributed by atoms with Crippen LogP contribution >= 0.6 is 22.9 Å². The third-order valence-corrected chi connectivity index (χ3v) is 4.09. The summed E-state index contributed by atoms with van der Waals surface area (Å²) in [5, 5.41) is 6.31. The predicted molar refractivity (Wildman–Crippen MR) is 77.2 cm³/mol. The third kappa shape index (κ3) is 3.02. The average Bonchev–Trinajstić information content (AvgIpc) is 2.73. The van der Waals surface area contributed by atoms with Crippen molar-refractivity contribution in [1.82, 2.24) is 0 Å². The predicted octanol–water partition coefficient (Wildman–Crippen LogP) is 4.88. The normalized spacial score (nSPS) is 10.5. The first-order valence-corrected chi connectivity index (χ1v) is 7.01. The number of hydrogen-bond donors (Lipinski definition) is 1. The second kappa shape index (κ2) is 5.56. The van der Waals surface area contributed by atoms with Crippen LogP contribution < -0.4 is 5.32 Å². The standard InChI is InChI=1S/C14H16ClNS/c1-3-11-6-4-5-10(2)14(11)16-8-13-7-12(15)9-17-13/h4-7,9,16H,3,8H2,1-2H3. The zero-order chi connectivity index (χ0) is 12.3. The van der Waals surface area contributed by atoms with E-state index in [9.17, 15) is 0 Å². The van der Waals surface area contributed by atoms with E-state index in [1.165, 1.54) is 21.7 Å². The molecule has 0 saturated heterocycles. The van der Waals surface area contributed by atoms with Crippen LogP contribution in [-0.2, 0) is 13.0 Å². The Morgan fingerprint density at radius 1 is 1.35 bits per heavy atom. The Hall–Kier alpha value is -0.990. The summed E-state index contributed by atoms with van der Waals surface area (Å²) < 4.78 is 0. The summed E-state index contributed by atoms with van der Waals surface area (Å²) in [6.45, 7) is 5.17. The van der Waals surface area contributed by atoms with E-state index in [4.69, 9.17) is 11.6 Å². The van der Waals surface area contributed by atoms with Crippen molar-refractivity contribution in [2.45, 2.75) is 26.8 Å². The molecule has 0 saturated carbocycles. The molecule has 1 aromatic carbocycles. The minimum atomic E-state index is 0.826. The van der Waals surface area contributed by atoms with E-state index >= 15 is 0 Å². The van der Waals surface area contributed by atoms with Crippen molar-refractivity contribution in [2.75, 3.05) is 5.32 Å². The maximum absolute atomic E-state index is 5.91. The lowest BCUT2D eigenvalue weighted by atomic mass is 10.1. The van der Waals surface area contributed by atoms with Crippen molar-refractivity contribution in [1.29, 1.82) is 0 Å². The van der Waals surface area contributed by atoms with Crippen LogP contribution in [0.4, 0.5) is 5.69 Å². The molecule has 90 valence electrons. The van der Waals surface area contributed by atoms with E-state index in [-0.39, 0.29) is 0 Å². The molecule has 2 rings (SSSR count). The molecule has 1 nitrogen and oxygen atoms in total. The van der Waals surface area contributed by atoms with Crippen molar-refractivity contribution < 1.29 is 0 Å². The Morgan fingerprint density at radius 3 is 2.82 bits per heavy atom. The van der Waals surface area contributed by atoms with E-state index in [1.807, 2.05) is 11.4 Å². The Kier molecular flexibility index (Phi) is 4.08. The van der Waals surface area contributed by atoms with Crippen molar-refractivity contribution in [3.8, 4) is 0 Å². The van der Waals surface area contributed by atoms with Gasteiger partial charge in [0.25, 0.3) is 0 Å². The molecule has 0 unspecified atom stereocenters. The van der Waals surface area contributed by atoms with E-state index in [2.05, 4.69) is 37.4 Å². The van der Waals surface area contributed by atoms with Gasteiger partial charge in [0.05, 0.1) is 5.02 Å². The van der Waals surface area contributed by atoms with Crippen LogP contribution in [0.25, 0.3) is 0 Å². The number of nitrogens with one attached hydrogen (secondary N) is 1. The first-order chi connectivity index (χ1) is 8.20. The SMILES string of the molecule is CCc1cccc(C)c1NCc1cc(Cl)cs1. The number of thiophene rings is 1. The van der Waals surface area contributed by atoms with Crippen LogP contribution in [-0.4, -0.2) is 0 Å². The molecule has 0 atom stereocenters. The van der Waals surface area contributed by atoms with Gasteiger partial charge in [0.1, 0.15) is 0 Å². The summed E-state index contributed by atoms with van der Waals surface area (Å²) in [6.07, 6.45) is 1.05. The Bertz CT molecular complexity index is 505. The molecule has 0 fully saturated rings. The molecule has 0 radical (unpaired) electrons. The van der Waals surface area contributed by atoms with Crippen LogP contribution in [0.1, 0.15) is 22.9 Å². The van der Waals surface area contributed by atoms with E-state index in [0.29, 0.717) is 0 Å². The molecule has 0 amide bonds. The molecular weight excluding hydrogens is 250 g/mol. The Balaban J connectivity index is 2.13. The van der Waals surface area contributed by atoms with Crippen LogP contribution in [0, 0.1) is 6.92 Å². The highest BCUT2D eigenvalue weighted by Gasteiger charge is 2.04. The molecule has 2 aromatic rings. The fourth-order valence-electron chi connectivity index (χ4n) is 1.90. The summed E-state index contributed by atoms with van der Waals surface area (Å²) in [4.78, 5) is 1.26. The summed E-state index contributed by atoms with van der Waals surface area (Å²) >= 11 is 7.61. The third-order valence-electron chi connectivity index (χ3n) is 2.80. The first kappa shape index (κ1) is 12.5. The lowest BCUT2D eigenvalue weighted by Crippen LogP contribution is -2.02. The quantitative estimate of drug-likeness (QED) is 0.830. The van der Waals surface area contributed by atoms with Gasteiger partial charge in [0.15, 0.2) is 0 Å². The van der Waals surface area contributed by atoms with Crippen LogP contribution in [0.15, 0.2) is 29.6 Å². The number of hydrogen-bond acceptors (Lipinski definition) is 2. The van der Waals surface area contributed by atoms with Crippen molar-refractivity contribution in [3.63, 3.8) is 0 Å². The molecular formula is C14H16ClNS. The molecule has 3 heteroatoms. The smallest absolute Gasteiger partial charge is 0.0516 e. The Labute approximate surface area is 111 Å². The van der Waals surface area contributed by atoms with Crippen molar-refractivity contribution in [2.24, 2.45) is 0 Å². The molecule has 0 aliphatic rings. The highest BCUT2D eigenvalue weighted by Crippen LogP contribution is 2.24. The molecule has 0 spiro atoms. The second-order valence-electron chi connectivity index (χ2n) is 4.05. The van der Waals surface area contributed by atoms with E-state index in [0.717, 1.165) is 18.0 Å². The molecule has 0 aliphatic carbocycles. The molecule has 17 heavy (non-hydrogen) atoms. The molecule has 1 heterocycles. The largest absolute Gasteiger partial charge is 0.380 e. The molecule has 1 N–H and O–H groups in total. The van der Waals surface area contributed by atoms with Gasteiger partial charge in [-0.3, -0.25) is 0 Å². The van der Waals surface area contributed by atoms with Crippen LogP contribution in [0.3, 0.4) is 0 Å². The number of aryl methyl sites for hydroxylation is 2. The van der Waals surface area contributed by atoms with Gasteiger partial charge < -0.3 is 5.32 Å². The first-order valence-electron chi connectivity index (χ1n) is 5.76. The van der Waals surface area contributed by atoms with Gasteiger partial charge in [-0.05, 0) is 30.5 Å².